The van der Waals surface area contributed by atoms with E-state index in [2.05, 4.69) is 5.32 Å². The molecule has 0 radical (unpaired) electrons. The summed E-state index contributed by atoms with van der Waals surface area (Å²) in [5.74, 6) is -2.29. The lowest BCUT2D eigenvalue weighted by molar-refractivity contribution is -0.138. The molecule has 2 amide bonds. The van der Waals surface area contributed by atoms with E-state index in [-0.39, 0.29) is 6.10 Å². The van der Waals surface area contributed by atoms with Crippen molar-refractivity contribution in [3.63, 3.8) is 0 Å². The number of carbonyl (C=O) groups excluding carboxylic acids is 2. The molecule has 2 atom stereocenters. The Morgan fingerprint density at radius 3 is 2.67 bits per heavy atom. The van der Waals surface area contributed by atoms with Gasteiger partial charge in [-0.15, -0.1) is 0 Å². The summed E-state index contributed by atoms with van der Waals surface area (Å²) in [7, 11) is 0. The van der Waals surface area contributed by atoms with Crippen molar-refractivity contribution in [1.82, 2.24) is 10.3 Å². The normalized spacial score (nSPS) is 18.9. The molecule has 0 aromatic carbocycles. The quantitative estimate of drug-likeness (QED) is 0.711. The Bertz CT molecular complexity index is 681. The average Bonchev–Trinajstić information content (AvgIpc) is 3.02. The number of aromatic amines is 1. The molecule has 0 unspecified atom stereocenters. The van der Waals surface area contributed by atoms with E-state index < -0.39 is 40.8 Å². The average molecular weight is 347 g/mol. The van der Waals surface area contributed by atoms with Crippen LogP contribution in [-0.4, -0.2) is 35.6 Å². The highest BCUT2D eigenvalue weighted by Crippen LogP contribution is 2.29. The van der Waals surface area contributed by atoms with Crippen LogP contribution < -0.4 is 16.2 Å². The maximum atomic E-state index is 12.6. The summed E-state index contributed by atoms with van der Waals surface area (Å²) in [6, 6.07) is 0.0265. The summed E-state index contributed by atoms with van der Waals surface area (Å²) in [5.41, 5.74) is -2.75. The lowest BCUT2D eigenvalue weighted by Crippen LogP contribution is -2.46. The van der Waals surface area contributed by atoms with Crippen LogP contribution in [0.2, 0.25) is 0 Å². The van der Waals surface area contributed by atoms with Crippen LogP contribution in [0.5, 0.6) is 0 Å². The molecule has 2 heterocycles. The summed E-state index contributed by atoms with van der Waals surface area (Å²) in [5, 5.41) is 4.28. The number of amides is 2. The molecule has 2 rings (SSSR count). The summed E-state index contributed by atoms with van der Waals surface area (Å²) in [6.07, 6.45) is -2.86. The zero-order valence-electron chi connectivity index (χ0n) is 12.7. The van der Waals surface area contributed by atoms with E-state index in [9.17, 15) is 27.6 Å². The highest BCUT2D eigenvalue weighted by Gasteiger charge is 2.32. The summed E-state index contributed by atoms with van der Waals surface area (Å²) < 4.78 is 43.2. The Kier molecular flexibility index (Phi) is 5.27. The van der Waals surface area contributed by atoms with Crippen molar-refractivity contribution in [1.29, 1.82) is 0 Å². The SMILES string of the molecule is C[C@H](NC(=O)C(=O)Nc1cc(C(F)(F)F)c[nH]c1=O)[C@H]1CCCO1. The molecule has 1 aromatic rings. The number of pyridine rings is 1. The summed E-state index contributed by atoms with van der Waals surface area (Å²) in [6.45, 7) is 2.22. The number of alkyl halides is 3. The van der Waals surface area contributed by atoms with E-state index in [4.69, 9.17) is 4.74 Å². The molecule has 0 saturated carbocycles. The van der Waals surface area contributed by atoms with Crippen LogP contribution in [-0.2, 0) is 20.5 Å². The van der Waals surface area contributed by atoms with Gasteiger partial charge < -0.3 is 20.4 Å². The first-order valence-electron chi connectivity index (χ1n) is 7.22. The van der Waals surface area contributed by atoms with Gasteiger partial charge in [0, 0.05) is 12.8 Å². The molecule has 0 spiro atoms. The molecule has 7 nitrogen and oxygen atoms in total. The van der Waals surface area contributed by atoms with Gasteiger partial charge in [0.05, 0.1) is 17.7 Å². The molecule has 0 bridgehead atoms. The van der Waals surface area contributed by atoms with Gasteiger partial charge in [-0.25, -0.2) is 0 Å². The van der Waals surface area contributed by atoms with Crippen molar-refractivity contribution in [2.45, 2.75) is 38.1 Å². The zero-order valence-corrected chi connectivity index (χ0v) is 12.7. The largest absolute Gasteiger partial charge is 0.417 e. The third kappa shape index (κ3) is 4.34. The predicted octanol–water partition coefficient (Wildman–Crippen LogP) is 1.02. The first-order valence-corrected chi connectivity index (χ1v) is 7.22. The van der Waals surface area contributed by atoms with Crippen LogP contribution in [0.3, 0.4) is 0 Å². The van der Waals surface area contributed by atoms with Gasteiger partial charge in [-0.05, 0) is 25.8 Å². The molecule has 0 aliphatic carbocycles. The number of carbonyl (C=O) groups is 2. The minimum Gasteiger partial charge on any atom is -0.376 e. The van der Waals surface area contributed by atoms with E-state index in [1.807, 2.05) is 10.3 Å². The molecule has 1 fully saturated rings. The van der Waals surface area contributed by atoms with Crippen molar-refractivity contribution in [2.75, 3.05) is 11.9 Å². The van der Waals surface area contributed by atoms with E-state index in [0.717, 1.165) is 12.8 Å². The highest BCUT2D eigenvalue weighted by molar-refractivity contribution is 6.39. The summed E-state index contributed by atoms with van der Waals surface area (Å²) >= 11 is 0. The monoisotopic (exact) mass is 347 g/mol. The number of aromatic nitrogens is 1. The zero-order chi connectivity index (χ0) is 17.9. The maximum Gasteiger partial charge on any atom is 0.417 e. The number of anilines is 1. The van der Waals surface area contributed by atoms with Crippen molar-refractivity contribution in [3.8, 4) is 0 Å². The molecular weight excluding hydrogens is 331 g/mol. The van der Waals surface area contributed by atoms with Gasteiger partial charge >= 0.3 is 18.0 Å². The molecule has 1 saturated heterocycles. The van der Waals surface area contributed by atoms with Crippen molar-refractivity contribution < 1.29 is 27.5 Å². The molecular formula is C14H16F3N3O4. The van der Waals surface area contributed by atoms with Crippen molar-refractivity contribution in [2.24, 2.45) is 0 Å². The second kappa shape index (κ2) is 7.04. The van der Waals surface area contributed by atoms with Gasteiger partial charge in [0.25, 0.3) is 5.56 Å². The summed E-state index contributed by atoms with van der Waals surface area (Å²) in [4.78, 5) is 36.9. The molecule has 132 valence electrons. The predicted molar refractivity (Wildman–Crippen MR) is 77.3 cm³/mol. The smallest absolute Gasteiger partial charge is 0.376 e. The minimum absolute atomic E-state index is 0.223. The number of halogens is 3. The van der Waals surface area contributed by atoms with E-state index in [0.29, 0.717) is 18.9 Å². The van der Waals surface area contributed by atoms with Crippen molar-refractivity contribution in [3.05, 3.63) is 28.2 Å². The first kappa shape index (κ1) is 18.0. The molecule has 1 aliphatic heterocycles. The van der Waals surface area contributed by atoms with Gasteiger partial charge in [-0.1, -0.05) is 0 Å². The van der Waals surface area contributed by atoms with Gasteiger partial charge in [0.1, 0.15) is 5.69 Å². The van der Waals surface area contributed by atoms with Crippen molar-refractivity contribution >= 4 is 17.5 Å². The maximum absolute atomic E-state index is 12.6. The Morgan fingerprint density at radius 2 is 2.08 bits per heavy atom. The van der Waals surface area contributed by atoms with E-state index >= 15 is 0 Å². The van der Waals surface area contributed by atoms with Crippen LogP contribution in [0, 0.1) is 0 Å². The van der Waals surface area contributed by atoms with Crippen LogP contribution in [0.25, 0.3) is 0 Å². The second-order valence-electron chi connectivity index (χ2n) is 5.40. The molecule has 3 N–H and O–H groups in total. The molecule has 1 aliphatic rings. The fraction of sp³-hybridized carbons (Fsp3) is 0.500. The first-order chi connectivity index (χ1) is 11.2. The van der Waals surface area contributed by atoms with E-state index in [1.54, 1.807) is 6.92 Å². The number of ether oxygens (including phenoxy) is 1. The Morgan fingerprint density at radius 1 is 1.38 bits per heavy atom. The number of rotatable bonds is 3. The fourth-order valence-electron chi connectivity index (χ4n) is 2.28. The van der Waals surface area contributed by atoms with Crippen LogP contribution in [0.1, 0.15) is 25.3 Å². The fourth-order valence-corrected chi connectivity index (χ4v) is 2.28. The highest BCUT2D eigenvalue weighted by atomic mass is 19.4. The Labute approximate surface area is 134 Å². The third-order valence-corrected chi connectivity index (χ3v) is 3.57. The van der Waals surface area contributed by atoms with E-state index in [1.165, 1.54) is 0 Å². The molecule has 10 heteroatoms. The Balaban J connectivity index is 2.03. The van der Waals surface area contributed by atoms with Gasteiger partial charge in [0.15, 0.2) is 0 Å². The van der Waals surface area contributed by atoms with Crippen LogP contribution in [0.4, 0.5) is 18.9 Å². The molecule has 1 aromatic heterocycles. The van der Waals surface area contributed by atoms with Crippen LogP contribution >= 0.6 is 0 Å². The lowest BCUT2D eigenvalue weighted by atomic mass is 10.1. The number of hydrogen-bond donors (Lipinski definition) is 3. The Hall–Kier alpha value is -2.36. The number of H-pyrrole nitrogens is 1. The standard InChI is InChI=1S/C14H16F3N3O4/c1-7(10-3-2-4-24-10)19-12(22)13(23)20-9-5-8(14(15,16)17)6-18-11(9)21/h5-7,10H,2-4H2,1H3,(H,18,21)(H,19,22)(H,20,23)/t7-,10+/m0/s1. The topological polar surface area (TPSA) is 100 Å². The minimum atomic E-state index is -4.69. The number of nitrogens with one attached hydrogen (secondary N) is 3. The van der Waals surface area contributed by atoms with Gasteiger partial charge in [0.2, 0.25) is 0 Å². The second-order valence-corrected chi connectivity index (χ2v) is 5.40. The van der Waals surface area contributed by atoms with Gasteiger partial charge in [-0.3, -0.25) is 14.4 Å². The van der Waals surface area contributed by atoms with Crippen LogP contribution in [0.15, 0.2) is 17.1 Å². The van der Waals surface area contributed by atoms with Gasteiger partial charge in [-0.2, -0.15) is 13.2 Å². The lowest BCUT2D eigenvalue weighted by Gasteiger charge is -2.19. The third-order valence-electron chi connectivity index (χ3n) is 3.57. The molecule has 24 heavy (non-hydrogen) atoms. The number of hydrogen-bond acceptors (Lipinski definition) is 4.